The van der Waals surface area contributed by atoms with E-state index in [2.05, 4.69) is 4.99 Å². The summed E-state index contributed by atoms with van der Waals surface area (Å²) in [6.07, 6.45) is 0. The van der Waals surface area contributed by atoms with E-state index in [-0.39, 0.29) is 5.54 Å². The molecule has 0 aromatic carbocycles. The normalized spacial score (nSPS) is 19.8. The van der Waals surface area contributed by atoms with Crippen LogP contribution in [0.4, 0.5) is 0 Å². The first-order valence-electron chi connectivity index (χ1n) is 4.04. The lowest BCUT2D eigenvalue weighted by molar-refractivity contribution is 0.280. The lowest BCUT2D eigenvalue weighted by Gasteiger charge is -2.07. The molecular weight excluding hydrogens is 206 g/mol. The maximum Gasteiger partial charge on any atom is 0.228 e. The van der Waals surface area contributed by atoms with Gasteiger partial charge in [-0.25, -0.2) is 4.99 Å². The average molecular weight is 216 g/mol. The molecule has 0 N–H and O–H groups in total. The maximum absolute atomic E-state index is 5.96. The highest BCUT2D eigenvalue weighted by atomic mass is 35.5. The zero-order valence-corrected chi connectivity index (χ0v) is 9.08. The van der Waals surface area contributed by atoms with Gasteiger partial charge in [-0.2, -0.15) is 0 Å². The summed E-state index contributed by atoms with van der Waals surface area (Å²) in [6.45, 7) is 4.72. The van der Waals surface area contributed by atoms with Crippen molar-refractivity contribution in [2.75, 3.05) is 6.61 Å². The minimum absolute atomic E-state index is 0.108. The molecular formula is C9H10ClNOS. The second-order valence-corrected chi connectivity index (χ2v) is 4.94. The van der Waals surface area contributed by atoms with Crippen LogP contribution in [0, 0.1) is 0 Å². The van der Waals surface area contributed by atoms with Gasteiger partial charge < -0.3 is 4.74 Å². The van der Waals surface area contributed by atoms with E-state index < -0.39 is 0 Å². The van der Waals surface area contributed by atoms with Crippen molar-refractivity contribution < 1.29 is 4.74 Å². The van der Waals surface area contributed by atoms with E-state index in [9.17, 15) is 0 Å². The van der Waals surface area contributed by atoms with Crippen molar-refractivity contribution in [1.82, 2.24) is 0 Å². The van der Waals surface area contributed by atoms with Gasteiger partial charge in [-0.05, 0) is 25.3 Å². The van der Waals surface area contributed by atoms with Crippen molar-refractivity contribution in [3.8, 4) is 0 Å². The largest absolute Gasteiger partial charge is 0.474 e. The molecule has 4 heteroatoms. The highest BCUT2D eigenvalue weighted by Crippen LogP contribution is 2.28. The van der Waals surface area contributed by atoms with Gasteiger partial charge in [0.05, 0.1) is 10.6 Å². The lowest BCUT2D eigenvalue weighted by atomic mass is 10.1. The van der Waals surface area contributed by atoms with Crippen LogP contribution >= 0.6 is 22.9 Å². The molecule has 2 rings (SSSR count). The third kappa shape index (κ3) is 1.71. The van der Waals surface area contributed by atoms with Crippen LogP contribution in [0.5, 0.6) is 0 Å². The van der Waals surface area contributed by atoms with Gasteiger partial charge >= 0.3 is 0 Å². The fourth-order valence-corrected chi connectivity index (χ4v) is 2.23. The molecule has 0 amide bonds. The van der Waals surface area contributed by atoms with Gasteiger partial charge in [-0.15, -0.1) is 11.3 Å². The van der Waals surface area contributed by atoms with Gasteiger partial charge in [0.1, 0.15) is 11.5 Å². The second-order valence-electron chi connectivity index (χ2n) is 3.62. The molecule has 0 bridgehead atoms. The minimum atomic E-state index is -0.108. The molecule has 2 nitrogen and oxygen atoms in total. The van der Waals surface area contributed by atoms with Gasteiger partial charge in [0, 0.05) is 0 Å². The number of thiophene rings is 1. The smallest absolute Gasteiger partial charge is 0.228 e. The lowest BCUT2D eigenvalue weighted by Crippen LogP contribution is -2.17. The number of hydrogen-bond acceptors (Lipinski definition) is 3. The van der Waals surface area contributed by atoms with Crippen LogP contribution in [0.3, 0.4) is 0 Å². The van der Waals surface area contributed by atoms with Gasteiger partial charge in [-0.3, -0.25) is 0 Å². The Morgan fingerprint density at radius 2 is 2.38 bits per heavy atom. The third-order valence-electron chi connectivity index (χ3n) is 1.78. The maximum atomic E-state index is 5.96. The van der Waals surface area contributed by atoms with E-state index in [1.54, 1.807) is 11.3 Å². The van der Waals surface area contributed by atoms with Crippen molar-refractivity contribution in [2.45, 2.75) is 19.4 Å². The van der Waals surface area contributed by atoms with Crippen molar-refractivity contribution in [1.29, 1.82) is 0 Å². The van der Waals surface area contributed by atoms with Crippen molar-refractivity contribution in [3.05, 3.63) is 21.3 Å². The monoisotopic (exact) mass is 215 g/mol. The molecule has 0 saturated carbocycles. The Kier molecular flexibility index (Phi) is 2.08. The van der Waals surface area contributed by atoms with E-state index >= 15 is 0 Å². The van der Waals surface area contributed by atoms with Gasteiger partial charge in [0.15, 0.2) is 0 Å². The van der Waals surface area contributed by atoms with Crippen LogP contribution in [0.15, 0.2) is 16.4 Å². The molecule has 1 aliphatic heterocycles. The Morgan fingerprint density at radius 3 is 2.85 bits per heavy atom. The summed E-state index contributed by atoms with van der Waals surface area (Å²) < 4.78 is 5.47. The summed E-state index contributed by atoms with van der Waals surface area (Å²) >= 11 is 7.52. The first-order chi connectivity index (χ1) is 6.08. The minimum Gasteiger partial charge on any atom is -0.474 e. The van der Waals surface area contributed by atoms with Crippen LogP contribution in [0.25, 0.3) is 0 Å². The van der Waals surface area contributed by atoms with Crippen LogP contribution in [0.2, 0.25) is 5.02 Å². The molecule has 0 saturated heterocycles. The van der Waals surface area contributed by atoms with Gasteiger partial charge in [0.2, 0.25) is 5.90 Å². The van der Waals surface area contributed by atoms with Crippen LogP contribution in [-0.4, -0.2) is 18.0 Å². The van der Waals surface area contributed by atoms with Crippen molar-refractivity contribution in [3.63, 3.8) is 0 Å². The first-order valence-corrected chi connectivity index (χ1v) is 5.30. The third-order valence-corrected chi connectivity index (χ3v) is 3.11. The number of halogens is 1. The topological polar surface area (TPSA) is 21.6 Å². The molecule has 1 aromatic rings. The predicted molar refractivity (Wildman–Crippen MR) is 55.9 cm³/mol. The summed E-state index contributed by atoms with van der Waals surface area (Å²) in [5.74, 6) is 0.685. The summed E-state index contributed by atoms with van der Waals surface area (Å²) in [7, 11) is 0. The van der Waals surface area contributed by atoms with E-state index in [0.29, 0.717) is 12.5 Å². The highest BCUT2D eigenvalue weighted by Gasteiger charge is 2.28. The molecule has 1 aromatic heterocycles. The Bertz CT molecular complexity index is 356. The van der Waals surface area contributed by atoms with Gasteiger partial charge in [-0.1, -0.05) is 11.6 Å². The average Bonchev–Trinajstić information content (AvgIpc) is 2.56. The number of rotatable bonds is 1. The molecule has 0 unspecified atom stereocenters. The van der Waals surface area contributed by atoms with E-state index in [4.69, 9.17) is 16.3 Å². The van der Waals surface area contributed by atoms with E-state index in [0.717, 1.165) is 9.90 Å². The molecule has 0 radical (unpaired) electrons. The Labute approximate surface area is 86.2 Å². The number of ether oxygens (including phenoxy) is 1. The number of hydrogen-bond donors (Lipinski definition) is 0. The molecule has 70 valence electrons. The molecule has 1 aliphatic rings. The van der Waals surface area contributed by atoms with Crippen LogP contribution < -0.4 is 0 Å². The molecule has 13 heavy (non-hydrogen) atoms. The zero-order chi connectivity index (χ0) is 9.47. The Hall–Kier alpha value is -0.540. The zero-order valence-electron chi connectivity index (χ0n) is 7.50. The summed E-state index contributed by atoms with van der Waals surface area (Å²) in [6, 6.07) is 1.86. The van der Waals surface area contributed by atoms with Crippen molar-refractivity contribution in [2.24, 2.45) is 4.99 Å². The number of aliphatic imine (C=N–C) groups is 1. The predicted octanol–water partition coefficient (Wildman–Crippen LogP) is 2.96. The summed E-state index contributed by atoms with van der Waals surface area (Å²) in [5, 5.41) is 2.66. The van der Waals surface area contributed by atoms with Crippen LogP contribution in [0.1, 0.15) is 18.7 Å². The fourth-order valence-electron chi connectivity index (χ4n) is 1.15. The molecule has 0 spiro atoms. The summed E-state index contributed by atoms with van der Waals surface area (Å²) in [5.41, 5.74) is -0.108. The SMILES string of the molecule is CC1(C)COC(c2sccc2Cl)=N1. The first kappa shape index (κ1) is 9.03. The number of nitrogens with zero attached hydrogens (tertiary/aromatic N) is 1. The van der Waals surface area contributed by atoms with E-state index in [1.165, 1.54) is 0 Å². The molecule has 2 heterocycles. The van der Waals surface area contributed by atoms with Crippen molar-refractivity contribution >= 4 is 28.8 Å². The van der Waals surface area contributed by atoms with E-state index in [1.807, 2.05) is 25.3 Å². The second kappa shape index (κ2) is 3.00. The van der Waals surface area contributed by atoms with Crippen LogP contribution in [-0.2, 0) is 4.74 Å². The quantitative estimate of drug-likeness (QED) is 0.706. The standard InChI is InChI=1S/C9H10ClNOS/c1-9(2)5-12-8(11-9)7-6(10)3-4-13-7/h3-4H,5H2,1-2H3. The molecule has 0 atom stereocenters. The molecule has 0 fully saturated rings. The van der Waals surface area contributed by atoms with Gasteiger partial charge in [0.25, 0.3) is 0 Å². The molecule has 0 aliphatic carbocycles. The fraction of sp³-hybridized carbons (Fsp3) is 0.444. The Balaban J connectivity index is 2.35. The summed E-state index contributed by atoms with van der Waals surface area (Å²) in [4.78, 5) is 5.38. The highest BCUT2D eigenvalue weighted by molar-refractivity contribution is 7.12. The Morgan fingerprint density at radius 1 is 1.62 bits per heavy atom.